The Morgan fingerprint density at radius 2 is 2.13 bits per heavy atom. The van der Waals surface area contributed by atoms with Crippen LogP contribution in [0.1, 0.15) is 36.0 Å². The number of nitrogens with one attached hydrogen (secondary N) is 1. The lowest BCUT2D eigenvalue weighted by Crippen LogP contribution is -2.56. The summed E-state index contributed by atoms with van der Waals surface area (Å²) in [6, 6.07) is 6.85. The van der Waals surface area contributed by atoms with Crippen molar-refractivity contribution in [3.8, 4) is 0 Å². The number of amides is 2. The highest BCUT2D eigenvalue weighted by atomic mass is 35.5. The Kier molecular flexibility index (Phi) is 5.18. The molecule has 5 nitrogen and oxygen atoms in total. The van der Waals surface area contributed by atoms with E-state index in [1.54, 1.807) is 24.3 Å². The molecular weight excluding hydrogens is 316 g/mol. The van der Waals surface area contributed by atoms with E-state index >= 15 is 0 Å². The summed E-state index contributed by atoms with van der Waals surface area (Å²) in [5.74, 6) is -0.324. The number of hydrogen-bond acceptors (Lipinski definition) is 3. The predicted octanol–water partition coefficient (Wildman–Crippen LogP) is 2.24. The number of morpholine rings is 1. The third kappa shape index (κ3) is 3.85. The lowest BCUT2D eigenvalue weighted by Gasteiger charge is -2.43. The summed E-state index contributed by atoms with van der Waals surface area (Å²) in [5.41, 5.74) is 0.461. The van der Waals surface area contributed by atoms with E-state index in [4.69, 9.17) is 16.3 Å². The van der Waals surface area contributed by atoms with Crippen LogP contribution in [0, 0.1) is 0 Å². The van der Waals surface area contributed by atoms with Crippen LogP contribution in [0.4, 0.5) is 0 Å². The number of carbonyl (C=O) groups is 2. The van der Waals surface area contributed by atoms with Crippen molar-refractivity contribution < 1.29 is 14.3 Å². The molecule has 0 spiro atoms. The fourth-order valence-corrected chi connectivity index (χ4v) is 3.59. The van der Waals surface area contributed by atoms with Gasteiger partial charge >= 0.3 is 0 Å². The largest absolute Gasteiger partial charge is 0.374 e. The molecule has 2 aliphatic rings. The molecule has 1 aliphatic heterocycles. The standard InChI is InChI=1S/C17H21ClN2O3/c18-13-5-3-4-12(10-13)17(22)19-11-16(21)20-8-9-23-15-7-2-1-6-14(15)20/h3-5,10,14-15H,1-2,6-9,11H2,(H,19,22)/t14-,15-/m1/s1. The molecule has 1 aromatic rings. The summed E-state index contributed by atoms with van der Waals surface area (Å²) in [4.78, 5) is 26.5. The monoisotopic (exact) mass is 336 g/mol. The first-order chi connectivity index (χ1) is 11.1. The lowest BCUT2D eigenvalue weighted by molar-refractivity contribution is -0.148. The third-order valence-electron chi connectivity index (χ3n) is 4.54. The molecule has 124 valence electrons. The highest BCUT2D eigenvalue weighted by Crippen LogP contribution is 2.28. The summed E-state index contributed by atoms with van der Waals surface area (Å²) in [5, 5.41) is 3.19. The van der Waals surface area contributed by atoms with E-state index < -0.39 is 0 Å². The molecule has 0 radical (unpaired) electrons. The van der Waals surface area contributed by atoms with E-state index in [1.165, 1.54) is 0 Å². The normalized spacial score (nSPS) is 24.0. The minimum absolute atomic E-state index is 0.00850. The molecule has 0 unspecified atom stereocenters. The van der Waals surface area contributed by atoms with Gasteiger partial charge < -0.3 is 15.0 Å². The van der Waals surface area contributed by atoms with Crippen molar-refractivity contribution in [1.29, 1.82) is 0 Å². The maximum Gasteiger partial charge on any atom is 0.251 e. The Morgan fingerprint density at radius 3 is 2.96 bits per heavy atom. The molecule has 3 rings (SSSR count). The van der Waals surface area contributed by atoms with Crippen LogP contribution in [-0.4, -0.2) is 48.6 Å². The molecule has 2 fully saturated rings. The zero-order chi connectivity index (χ0) is 16.2. The number of rotatable bonds is 3. The number of benzene rings is 1. The van der Waals surface area contributed by atoms with Crippen LogP contribution >= 0.6 is 11.6 Å². The molecule has 2 atom stereocenters. The summed E-state index contributed by atoms with van der Waals surface area (Å²) in [7, 11) is 0. The van der Waals surface area contributed by atoms with Crippen LogP contribution < -0.4 is 5.32 Å². The molecule has 1 aromatic carbocycles. The van der Waals surface area contributed by atoms with Gasteiger partial charge in [0.2, 0.25) is 5.91 Å². The Hall–Kier alpha value is -1.59. The van der Waals surface area contributed by atoms with Gasteiger partial charge in [-0.05, 0) is 31.0 Å². The van der Waals surface area contributed by atoms with Crippen LogP contribution in [0.5, 0.6) is 0 Å². The van der Waals surface area contributed by atoms with Gasteiger partial charge in [-0.1, -0.05) is 30.5 Å². The Labute approximate surface area is 140 Å². The first kappa shape index (κ1) is 16.3. The number of nitrogens with zero attached hydrogens (tertiary/aromatic N) is 1. The molecule has 1 heterocycles. The molecule has 2 amide bonds. The second-order valence-corrected chi connectivity index (χ2v) is 6.48. The van der Waals surface area contributed by atoms with Crippen molar-refractivity contribution in [2.24, 2.45) is 0 Å². The molecule has 23 heavy (non-hydrogen) atoms. The van der Waals surface area contributed by atoms with Crippen molar-refractivity contribution >= 4 is 23.4 Å². The zero-order valence-corrected chi connectivity index (χ0v) is 13.7. The van der Waals surface area contributed by atoms with Crippen molar-refractivity contribution in [2.75, 3.05) is 19.7 Å². The first-order valence-electron chi connectivity index (χ1n) is 8.10. The van der Waals surface area contributed by atoms with E-state index in [-0.39, 0.29) is 30.5 Å². The van der Waals surface area contributed by atoms with Crippen LogP contribution in [0.2, 0.25) is 5.02 Å². The number of ether oxygens (including phenoxy) is 1. The van der Waals surface area contributed by atoms with E-state index in [2.05, 4.69) is 5.32 Å². The number of hydrogen-bond donors (Lipinski definition) is 1. The highest BCUT2D eigenvalue weighted by molar-refractivity contribution is 6.30. The minimum atomic E-state index is -0.283. The fraction of sp³-hybridized carbons (Fsp3) is 0.529. The van der Waals surface area contributed by atoms with Crippen molar-refractivity contribution in [3.05, 3.63) is 34.9 Å². The molecular formula is C17H21ClN2O3. The predicted molar refractivity (Wildman–Crippen MR) is 87.5 cm³/mol. The highest BCUT2D eigenvalue weighted by Gasteiger charge is 2.36. The van der Waals surface area contributed by atoms with Crippen molar-refractivity contribution in [1.82, 2.24) is 10.2 Å². The van der Waals surface area contributed by atoms with Crippen LogP contribution in [0.3, 0.4) is 0 Å². The lowest BCUT2D eigenvalue weighted by atomic mass is 9.90. The maximum absolute atomic E-state index is 12.5. The van der Waals surface area contributed by atoms with Gasteiger partial charge in [-0.25, -0.2) is 0 Å². The number of halogens is 1. The number of carbonyl (C=O) groups excluding carboxylic acids is 2. The summed E-state index contributed by atoms with van der Waals surface area (Å²) in [6.45, 7) is 1.19. The third-order valence-corrected chi connectivity index (χ3v) is 4.77. The summed E-state index contributed by atoms with van der Waals surface area (Å²) in [6.07, 6.45) is 4.45. The fourth-order valence-electron chi connectivity index (χ4n) is 3.40. The van der Waals surface area contributed by atoms with E-state index in [9.17, 15) is 9.59 Å². The van der Waals surface area contributed by atoms with Gasteiger partial charge in [0.05, 0.1) is 25.3 Å². The van der Waals surface area contributed by atoms with E-state index in [0.29, 0.717) is 23.7 Å². The van der Waals surface area contributed by atoms with Gasteiger partial charge in [0.25, 0.3) is 5.91 Å². The SMILES string of the molecule is O=C(NCC(=O)N1CCO[C@@H]2CCCC[C@H]21)c1cccc(Cl)c1. The van der Waals surface area contributed by atoms with Crippen molar-refractivity contribution in [3.63, 3.8) is 0 Å². The Morgan fingerprint density at radius 1 is 1.30 bits per heavy atom. The molecule has 1 aliphatic carbocycles. The average molecular weight is 337 g/mol. The van der Waals surface area contributed by atoms with Crippen LogP contribution in [-0.2, 0) is 9.53 Å². The summed E-state index contributed by atoms with van der Waals surface area (Å²) < 4.78 is 5.77. The van der Waals surface area contributed by atoms with E-state index in [1.807, 2.05) is 4.90 Å². The quantitative estimate of drug-likeness (QED) is 0.921. The maximum atomic E-state index is 12.5. The minimum Gasteiger partial charge on any atom is -0.374 e. The Balaban J connectivity index is 1.57. The van der Waals surface area contributed by atoms with Gasteiger partial charge in [0.1, 0.15) is 0 Å². The van der Waals surface area contributed by atoms with Gasteiger partial charge in [0.15, 0.2) is 0 Å². The first-order valence-corrected chi connectivity index (χ1v) is 8.48. The smallest absolute Gasteiger partial charge is 0.251 e. The molecule has 6 heteroatoms. The number of fused-ring (bicyclic) bond motifs is 1. The van der Waals surface area contributed by atoms with Crippen LogP contribution in [0.15, 0.2) is 24.3 Å². The second kappa shape index (κ2) is 7.32. The van der Waals surface area contributed by atoms with Gasteiger partial charge in [-0.15, -0.1) is 0 Å². The molecule has 0 bridgehead atoms. The second-order valence-electron chi connectivity index (χ2n) is 6.04. The van der Waals surface area contributed by atoms with Gasteiger partial charge in [-0.3, -0.25) is 9.59 Å². The van der Waals surface area contributed by atoms with Gasteiger partial charge in [-0.2, -0.15) is 0 Å². The molecule has 1 N–H and O–H groups in total. The molecule has 0 aromatic heterocycles. The topological polar surface area (TPSA) is 58.6 Å². The molecule has 1 saturated heterocycles. The summed E-state index contributed by atoms with van der Waals surface area (Å²) >= 11 is 5.88. The Bertz CT molecular complexity index is 591. The van der Waals surface area contributed by atoms with E-state index in [0.717, 1.165) is 25.7 Å². The van der Waals surface area contributed by atoms with Gasteiger partial charge in [0, 0.05) is 17.1 Å². The van der Waals surface area contributed by atoms with Crippen molar-refractivity contribution in [2.45, 2.75) is 37.8 Å². The molecule has 1 saturated carbocycles. The zero-order valence-electron chi connectivity index (χ0n) is 13.0. The van der Waals surface area contributed by atoms with Crippen LogP contribution in [0.25, 0.3) is 0 Å². The average Bonchev–Trinajstić information content (AvgIpc) is 2.59.